The third kappa shape index (κ3) is 6.36. The topological polar surface area (TPSA) is 44.7 Å². The van der Waals surface area contributed by atoms with Gasteiger partial charge in [0.2, 0.25) is 0 Å². The van der Waals surface area contributed by atoms with Gasteiger partial charge in [0, 0.05) is 20.2 Å². The van der Waals surface area contributed by atoms with E-state index < -0.39 is 0 Å². The number of nitrogens with zero attached hydrogens (tertiary/aromatic N) is 1. The van der Waals surface area contributed by atoms with Crippen molar-refractivity contribution in [3.05, 3.63) is 0 Å². The number of nitrogens with one attached hydrogen (secondary N) is 1. The van der Waals surface area contributed by atoms with Crippen LogP contribution in [0, 0.1) is 5.92 Å². The lowest BCUT2D eigenvalue weighted by Gasteiger charge is -2.31. The van der Waals surface area contributed by atoms with Gasteiger partial charge in [-0.15, -0.1) is 0 Å². The lowest BCUT2D eigenvalue weighted by Crippen LogP contribution is -2.42. The van der Waals surface area contributed by atoms with Gasteiger partial charge >= 0.3 is 0 Å². The first-order chi connectivity index (χ1) is 8.26. The molecule has 1 heterocycles. The second-order valence-electron chi connectivity index (χ2n) is 5.08. The zero-order valence-electron chi connectivity index (χ0n) is 11.3. The van der Waals surface area contributed by atoms with E-state index in [1.54, 1.807) is 7.11 Å². The number of hydrogen-bond donors (Lipinski definition) is 2. The Balaban J connectivity index is 2.30. The smallest absolute Gasteiger partial charge is 0.0900 e. The van der Waals surface area contributed by atoms with Crippen LogP contribution < -0.4 is 5.32 Å². The fourth-order valence-corrected chi connectivity index (χ4v) is 2.56. The Morgan fingerprint density at radius 2 is 2.35 bits per heavy atom. The zero-order chi connectivity index (χ0) is 12.5. The quantitative estimate of drug-likeness (QED) is 0.660. The maximum atomic E-state index is 9.79. The van der Waals surface area contributed by atoms with Crippen molar-refractivity contribution in [2.45, 2.75) is 32.3 Å². The first-order valence-electron chi connectivity index (χ1n) is 6.86. The van der Waals surface area contributed by atoms with Gasteiger partial charge in [0.05, 0.1) is 12.7 Å². The summed E-state index contributed by atoms with van der Waals surface area (Å²) in [5.41, 5.74) is 0. The van der Waals surface area contributed by atoms with Crippen LogP contribution in [-0.2, 0) is 4.74 Å². The number of piperidine rings is 1. The third-order valence-corrected chi connectivity index (χ3v) is 3.28. The fourth-order valence-electron chi connectivity index (χ4n) is 2.56. The Bertz CT molecular complexity index is 184. The standard InChI is InChI=1S/C13H28N2O2/c1-3-7-15(10-13(16)11-17-2)9-12-5-4-6-14-8-12/h12-14,16H,3-11H2,1-2H3. The fraction of sp³-hybridized carbons (Fsp3) is 1.00. The van der Waals surface area contributed by atoms with Gasteiger partial charge in [-0.3, -0.25) is 0 Å². The molecule has 102 valence electrons. The Kier molecular flexibility index (Phi) is 7.77. The highest BCUT2D eigenvalue weighted by molar-refractivity contribution is 4.74. The molecule has 0 amide bonds. The molecule has 0 aromatic rings. The molecule has 0 aliphatic carbocycles. The summed E-state index contributed by atoms with van der Waals surface area (Å²) < 4.78 is 4.98. The van der Waals surface area contributed by atoms with Crippen LogP contribution in [0.5, 0.6) is 0 Å². The Morgan fingerprint density at radius 3 is 2.94 bits per heavy atom. The monoisotopic (exact) mass is 244 g/mol. The second-order valence-corrected chi connectivity index (χ2v) is 5.08. The van der Waals surface area contributed by atoms with Crippen molar-refractivity contribution in [1.82, 2.24) is 10.2 Å². The molecule has 0 saturated carbocycles. The van der Waals surface area contributed by atoms with Crippen LogP contribution in [0.1, 0.15) is 26.2 Å². The molecule has 0 radical (unpaired) electrons. The molecule has 0 aromatic carbocycles. The number of aliphatic hydroxyl groups is 1. The normalized spacial score (nSPS) is 22.9. The molecule has 4 nitrogen and oxygen atoms in total. The van der Waals surface area contributed by atoms with E-state index >= 15 is 0 Å². The van der Waals surface area contributed by atoms with Crippen LogP contribution in [-0.4, -0.2) is 62.6 Å². The largest absolute Gasteiger partial charge is 0.389 e. The van der Waals surface area contributed by atoms with Crippen molar-refractivity contribution >= 4 is 0 Å². The summed E-state index contributed by atoms with van der Waals surface area (Å²) in [5, 5.41) is 13.2. The first-order valence-corrected chi connectivity index (χ1v) is 6.86. The van der Waals surface area contributed by atoms with Crippen molar-refractivity contribution in [1.29, 1.82) is 0 Å². The van der Waals surface area contributed by atoms with Gasteiger partial charge in [-0.25, -0.2) is 0 Å². The molecule has 1 fully saturated rings. The maximum Gasteiger partial charge on any atom is 0.0900 e. The van der Waals surface area contributed by atoms with Gasteiger partial charge in [0.25, 0.3) is 0 Å². The van der Waals surface area contributed by atoms with Crippen molar-refractivity contribution in [3.8, 4) is 0 Å². The highest BCUT2D eigenvalue weighted by atomic mass is 16.5. The number of rotatable bonds is 8. The van der Waals surface area contributed by atoms with Gasteiger partial charge in [0.1, 0.15) is 0 Å². The predicted molar refractivity (Wildman–Crippen MR) is 70.2 cm³/mol. The number of methoxy groups -OCH3 is 1. The minimum atomic E-state index is -0.358. The molecule has 2 unspecified atom stereocenters. The minimum Gasteiger partial charge on any atom is -0.389 e. The van der Waals surface area contributed by atoms with Gasteiger partial charge in [-0.1, -0.05) is 6.92 Å². The molecule has 2 atom stereocenters. The highest BCUT2D eigenvalue weighted by Crippen LogP contribution is 2.12. The van der Waals surface area contributed by atoms with Gasteiger partial charge in [-0.2, -0.15) is 0 Å². The highest BCUT2D eigenvalue weighted by Gasteiger charge is 2.18. The van der Waals surface area contributed by atoms with Crippen molar-refractivity contribution < 1.29 is 9.84 Å². The molecular formula is C13H28N2O2. The van der Waals surface area contributed by atoms with E-state index in [1.807, 2.05) is 0 Å². The lowest BCUT2D eigenvalue weighted by molar-refractivity contribution is 0.0330. The van der Waals surface area contributed by atoms with Crippen LogP contribution >= 0.6 is 0 Å². The molecule has 0 aromatic heterocycles. The molecular weight excluding hydrogens is 216 g/mol. The Hall–Kier alpha value is -0.160. The molecule has 0 spiro atoms. The van der Waals surface area contributed by atoms with E-state index in [0.29, 0.717) is 6.61 Å². The van der Waals surface area contributed by atoms with Crippen LogP contribution in [0.2, 0.25) is 0 Å². The van der Waals surface area contributed by atoms with Crippen molar-refractivity contribution in [2.75, 3.05) is 46.4 Å². The molecule has 17 heavy (non-hydrogen) atoms. The summed E-state index contributed by atoms with van der Waals surface area (Å²) in [7, 11) is 1.64. The average Bonchev–Trinajstić information content (AvgIpc) is 2.31. The molecule has 1 aliphatic heterocycles. The van der Waals surface area contributed by atoms with Crippen LogP contribution in [0.4, 0.5) is 0 Å². The van der Waals surface area contributed by atoms with E-state index in [1.165, 1.54) is 12.8 Å². The minimum absolute atomic E-state index is 0.358. The zero-order valence-corrected chi connectivity index (χ0v) is 11.3. The van der Waals surface area contributed by atoms with Crippen molar-refractivity contribution in [2.24, 2.45) is 5.92 Å². The van der Waals surface area contributed by atoms with Gasteiger partial charge < -0.3 is 20.1 Å². The predicted octanol–water partition coefficient (Wildman–Crippen LogP) is 0.705. The van der Waals surface area contributed by atoms with Gasteiger partial charge in [-0.05, 0) is 44.8 Å². The summed E-state index contributed by atoms with van der Waals surface area (Å²) in [4.78, 5) is 2.38. The lowest BCUT2D eigenvalue weighted by atomic mass is 9.99. The van der Waals surface area contributed by atoms with Gasteiger partial charge in [0.15, 0.2) is 0 Å². The maximum absolute atomic E-state index is 9.79. The molecule has 1 saturated heterocycles. The summed E-state index contributed by atoms with van der Waals surface area (Å²) in [6, 6.07) is 0. The Morgan fingerprint density at radius 1 is 1.53 bits per heavy atom. The summed E-state index contributed by atoms with van der Waals surface area (Å²) in [5.74, 6) is 0.741. The summed E-state index contributed by atoms with van der Waals surface area (Å²) in [6.07, 6.45) is 3.38. The summed E-state index contributed by atoms with van der Waals surface area (Å²) in [6.45, 7) is 7.81. The second kappa shape index (κ2) is 8.86. The number of hydrogen-bond acceptors (Lipinski definition) is 4. The van der Waals surface area contributed by atoms with Crippen LogP contribution in [0.3, 0.4) is 0 Å². The van der Waals surface area contributed by atoms with Crippen LogP contribution in [0.15, 0.2) is 0 Å². The van der Waals surface area contributed by atoms with E-state index in [4.69, 9.17) is 4.74 Å². The molecule has 0 bridgehead atoms. The van der Waals surface area contributed by atoms with E-state index in [9.17, 15) is 5.11 Å². The summed E-state index contributed by atoms with van der Waals surface area (Å²) >= 11 is 0. The Labute approximate surface area is 105 Å². The van der Waals surface area contributed by atoms with E-state index in [2.05, 4.69) is 17.1 Å². The molecule has 2 N–H and O–H groups in total. The molecule has 1 aliphatic rings. The molecule has 1 rings (SSSR count). The number of aliphatic hydroxyl groups excluding tert-OH is 1. The SMILES string of the molecule is CCCN(CC(O)COC)CC1CCCNC1. The third-order valence-electron chi connectivity index (χ3n) is 3.28. The van der Waals surface area contributed by atoms with Crippen LogP contribution in [0.25, 0.3) is 0 Å². The van der Waals surface area contributed by atoms with Crippen molar-refractivity contribution in [3.63, 3.8) is 0 Å². The molecule has 4 heteroatoms. The first kappa shape index (κ1) is 14.9. The van der Waals surface area contributed by atoms with E-state index in [0.717, 1.165) is 45.1 Å². The number of ether oxygens (including phenoxy) is 1. The average molecular weight is 244 g/mol. The van der Waals surface area contributed by atoms with E-state index in [-0.39, 0.29) is 6.10 Å².